The van der Waals surface area contributed by atoms with Gasteiger partial charge in [0.15, 0.2) is 6.61 Å². The fourth-order valence-corrected chi connectivity index (χ4v) is 8.02. The number of aliphatic carboxylic acids is 1. The van der Waals surface area contributed by atoms with Gasteiger partial charge in [-0.1, -0.05) is 75.2 Å². The third-order valence-corrected chi connectivity index (χ3v) is 10.3. The number of benzene rings is 3. The number of ether oxygens (including phenoxy) is 1. The van der Waals surface area contributed by atoms with Gasteiger partial charge in [-0.3, -0.25) is 14.4 Å². The van der Waals surface area contributed by atoms with E-state index >= 15 is 0 Å². The lowest BCUT2D eigenvalue weighted by Gasteiger charge is -2.37. The summed E-state index contributed by atoms with van der Waals surface area (Å²) in [5.74, 6) is -2.38. The summed E-state index contributed by atoms with van der Waals surface area (Å²) in [6.07, 6.45) is 4.72. The fraction of sp³-hybridized carbons (Fsp3) is 0.382. The van der Waals surface area contributed by atoms with Crippen LogP contribution in [0.4, 0.5) is 11.4 Å². The van der Waals surface area contributed by atoms with Crippen LogP contribution in [0.2, 0.25) is 0 Å². The molecule has 0 spiro atoms. The molecule has 47 heavy (non-hydrogen) atoms. The molecule has 3 aromatic rings. The number of rotatable bonds is 14. The van der Waals surface area contributed by atoms with Crippen molar-refractivity contribution in [1.29, 1.82) is 0 Å². The molecule has 4 rings (SSSR count). The summed E-state index contributed by atoms with van der Waals surface area (Å²) in [6, 6.07) is 19.0. The van der Waals surface area contributed by atoms with Crippen molar-refractivity contribution in [3.05, 3.63) is 78.4 Å². The van der Waals surface area contributed by atoms with Crippen molar-refractivity contribution >= 4 is 50.9 Å². The molecule has 0 aliphatic carbocycles. The quantitative estimate of drug-likeness (QED) is 0.172. The number of carboxylic acids is 1. The maximum Gasteiger partial charge on any atom is 0.325 e. The number of carbonyl (C=O) groups excluding carboxylic acids is 2. The Balaban J connectivity index is 1.67. The average Bonchev–Trinajstić information content (AvgIpc) is 3.14. The van der Waals surface area contributed by atoms with Crippen LogP contribution in [0, 0.1) is 0 Å². The Morgan fingerprint density at radius 1 is 1.00 bits per heavy atom. The van der Waals surface area contributed by atoms with Crippen LogP contribution in [-0.4, -0.2) is 62.3 Å². The molecule has 11 nitrogen and oxygen atoms in total. The number of anilines is 2. The summed E-state index contributed by atoms with van der Waals surface area (Å²) < 4.78 is 37.1. The Labute approximate surface area is 280 Å². The van der Waals surface area contributed by atoms with Crippen molar-refractivity contribution in [1.82, 2.24) is 15.4 Å². The van der Waals surface area contributed by atoms with Crippen LogP contribution >= 0.6 is 11.8 Å². The van der Waals surface area contributed by atoms with Crippen molar-refractivity contribution < 1.29 is 32.6 Å². The van der Waals surface area contributed by atoms with Gasteiger partial charge < -0.3 is 25.4 Å². The van der Waals surface area contributed by atoms with Gasteiger partial charge in [0.1, 0.15) is 22.7 Å². The van der Waals surface area contributed by atoms with Crippen LogP contribution in [0.15, 0.2) is 82.6 Å². The summed E-state index contributed by atoms with van der Waals surface area (Å²) in [4.78, 5) is 40.2. The van der Waals surface area contributed by atoms with E-state index in [0.29, 0.717) is 35.5 Å². The van der Waals surface area contributed by atoms with Crippen molar-refractivity contribution in [2.24, 2.45) is 0 Å². The molecule has 13 heteroatoms. The molecule has 1 heterocycles. The zero-order valence-corrected chi connectivity index (χ0v) is 28.6. The maximum absolute atomic E-state index is 14.1. The molecular weight excluding hydrogens is 641 g/mol. The summed E-state index contributed by atoms with van der Waals surface area (Å²) in [5, 5.41) is 14.3. The monoisotopic (exact) mass is 682 g/mol. The molecule has 2 amide bonds. The Bertz CT molecular complexity index is 1660. The third-order valence-electron chi connectivity index (χ3n) is 7.95. The highest BCUT2D eigenvalue weighted by Crippen LogP contribution is 2.43. The third kappa shape index (κ3) is 8.65. The van der Waals surface area contributed by atoms with E-state index in [1.807, 2.05) is 55.3 Å². The number of sulfonamides is 1. The van der Waals surface area contributed by atoms with Gasteiger partial charge in [0.2, 0.25) is 15.9 Å². The molecule has 4 N–H and O–H groups in total. The van der Waals surface area contributed by atoms with Gasteiger partial charge in [-0.15, -0.1) is 11.8 Å². The van der Waals surface area contributed by atoms with Crippen LogP contribution in [0.3, 0.4) is 0 Å². The zero-order valence-electron chi connectivity index (χ0n) is 27.0. The van der Waals surface area contributed by atoms with Gasteiger partial charge in [-0.05, 0) is 49.8 Å². The topological polar surface area (TPSA) is 154 Å². The van der Waals surface area contributed by atoms with Gasteiger partial charge in [-0.2, -0.15) is 0 Å². The number of nitrogens with zero attached hydrogens (tertiary/aromatic N) is 1. The van der Waals surface area contributed by atoms with Gasteiger partial charge in [0.05, 0.1) is 16.1 Å². The van der Waals surface area contributed by atoms with E-state index in [0.717, 1.165) is 18.5 Å². The van der Waals surface area contributed by atoms with Crippen molar-refractivity contribution in [3.63, 3.8) is 0 Å². The molecule has 1 aliphatic rings. The molecule has 0 saturated heterocycles. The van der Waals surface area contributed by atoms with Gasteiger partial charge in [0.25, 0.3) is 5.91 Å². The molecule has 252 valence electrons. The van der Waals surface area contributed by atoms with E-state index in [9.17, 15) is 27.9 Å². The Morgan fingerprint density at radius 3 is 2.19 bits per heavy atom. The van der Waals surface area contributed by atoms with Crippen molar-refractivity contribution in [3.8, 4) is 5.75 Å². The number of carbonyl (C=O) groups is 3. The number of amides is 2. The number of carboxylic acid groups (broad SMARTS) is 1. The molecule has 0 radical (unpaired) electrons. The van der Waals surface area contributed by atoms with Crippen LogP contribution in [0.25, 0.3) is 0 Å². The lowest BCUT2D eigenvalue weighted by molar-refractivity contribution is -0.141. The Hall–Kier alpha value is -4.07. The lowest BCUT2D eigenvalue weighted by atomic mass is 9.88. The minimum Gasteiger partial charge on any atom is -0.483 e. The second-order valence-corrected chi connectivity index (χ2v) is 14.0. The molecule has 0 fully saturated rings. The number of hydrogen-bond donors (Lipinski definition) is 4. The number of hydrogen-bond acceptors (Lipinski definition) is 8. The normalized spacial score (nSPS) is 16.2. The minimum absolute atomic E-state index is 0.0350. The SMILES string of the molecule is CCCC1(CCC)CN(c2ccccc2)c2cc(SC)c(OCC(=O)NC(C(=O)NC(C)C(=O)O)c3ccccc3)cc2S(=O)(=O)N1. The van der Waals surface area contributed by atoms with E-state index in [4.69, 9.17) is 4.74 Å². The highest BCUT2D eigenvalue weighted by atomic mass is 32.2. The zero-order chi connectivity index (χ0) is 34.2. The Kier molecular flexibility index (Phi) is 11.9. The largest absolute Gasteiger partial charge is 0.483 e. The smallest absolute Gasteiger partial charge is 0.325 e. The maximum atomic E-state index is 14.1. The fourth-order valence-electron chi connectivity index (χ4n) is 5.82. The number of thioether (sulfide) groups is 1. The molecule has 1 aliphatic heterocycles. The molecule has 3 aromatic carbocycles. The van der Waals surface area contributed by atoms with Crippen molar-refractivity contribution in [2.75, 3.05) is 24.3 Å². The van der Waals surface area contributed by atoms with Crippen LogP contribution in [0.1, 0.15) is 58.1 Å². The van der Waals surface area contributed by atoms with Crippen LogP contribution in [0.5, 0.6) is 5.75 Å². The first kappa shape index (κ1) is 35.8. The molecule has 0 aromatic heterocycles. The molecule has 2 atom stereocenters. The first-order valence-corrected chi connectivity index (χ1v) is 18.2. The van der Waals surface area contributed by atoms with Gasteiger partial charge in [-0.25, -0.2) is 13.1 Å². The number of fused-ring (bicyclic) bond motifs is 1. The highest BCUT2D eigenvalue weighted by Gasteiger charge is 2.41. The second kappa shape index (κ2) is 15.7. The molecule has 0 bridgehead atoms. The first-order chi connectivity index (χ1) is 22.4. The van der Waals surface area contributed by atoms with E-state index in [1.165, 1.54) is 24.8 Å². The average molecular weight is 683 g/mol. The van der Waals surface area contributed by atoms with E-state index in [-0.39, 0.29) is 10.6 Å². The van der Waals surface area contributed by atoms with E-state index < -0.39 is 52.0 Å². The van der Waals surface area contributed by atoms with Crippen LogP contribution in [-0.2, 0) is 24.4 Å². The highest BCUT2D eigenvalue weighted by molar-refractivity contribution is 7.98. The Morgan fingerprint density at radius 2 is 1.62 bits per heavy atom. The van der Waals surface area contributed by atoms with Gasteiger partial charge in [0, 0.05) is 18.3 Å². The minimum atomic E-state index is -4.02. The predicted octanol–water partition coefficient (Wildman–Crippen LogP) is 5.00. The van der Waals surface area contributed by atoms with Crippen molar-refractivity contribution in [2.45, 2.75) is 73.9 Å². The predicted molar refractivity (Wildman–Crippen MR) is 183 cm³/mol. The molecular formula is C34H42N4O7S2. The van der Waals surface area contributed by atoms with E-state index in [2.05, 4.69) is 15.4 Å². The number of nitrogens with one attached hydrogen (secondary N) is 3. The second-order valence-electron chi connectivity index (χ2n) is 11.5. The summed E-state index contributed by atoms with van der Waals surface area (Å²) >= 11 is 1.35. The molecule has 0 saturated carbocycles. The lowest BCUT2D eigenvalue weighted by Crippen LogP contribution is -2.52. The summed E-state index contributed by atoms with van der Waals surface area (Å²) in [6.45, 7) is 5.32. The van der Waals surface area contributed by atoms with E-state index in [1.54, 1.807) is 36.4 Å². The van der Waals surface area contributed by atoms with Gasteiger partial charge >= 0.3 is 5.97 Å². The number of para-hydroxylation sites is 1. The summed E-state index contributed by atoms with van der Waals surface area (Å²) in [7, 11) is -4.02. The first-order valence-electron chi connectivity index (χ1n) is 15.5. The van der Waals surface area contributed by atoms with Crippen LogP contribution < -0.4 is 25.0 Å². The standard InChI is InChI=1S/C34H42N4O7S2/c1-5-17-34(18-6-2)22-38(25-15-11-8-12-16-25)26-19-28(46-4)27(20-29(26)47(43,44)37-34)45-21-30(39)36-31(24-13-9-7-10-14-24)32(40)35-23(3)33(41)42/h7-16,19-20,23,31,37H,5-6,17-18,21-22H2,1-4H3,(H,35,40)(H,36,39)(H,41,42). The molecule has 2 unspecified atom stereocenters. The summed E-state index contributed by atoms with van der Waals surface area (Å²) in [5.41, 5.74) is 1.11.